The molecule has 1 aliphatic rings. The summed E-state index contributed by atoms with van der Waals surface area (Å²) in [6.45, 7) is 6.06. The third kappa shape index (κ3) is 2.33. The zero-order valence-corrected chi connectivity index (χ0v) is 7.69. The van der Waals surface area contributed by atoms with Gasteiger partial charge in [-0.05, 0) is 39.2 Å². The van der Waals surface area contributed by atoms with Crippen LogP contribution in [0.4, 0.5) is 0 Å². The maximum atomic E-state index is 3.94. The first kappa shape index (κ1) is 8.79. The van der Waals surface area contributed by atoms with E-state index in [0.717, 1.165) is 12.3 Å². The van der Waals surface area contributed by atoms with Gasteiger partial charge in [0, 0.05) is 6.04 Å². The highest BCUT2D eigenvalue weighted by Gasteiger charge is 2.25. The zero-order chi connectivity index (χ0) is 8.27. The Kier molecular flexibility index (Phi) is 3.13. The fourth-order valence-electron chi connectivity index (χ4n) is 1.72. The molecular weight excluding hydrogens is 134 g/mol. The Balaban J connectivity index is 2.29. The highest BCUT2D eigenvalue weighted by Crippen LogP contribution is 2.31. The molecule has 0 aromatic carbocycles. The predicted molar refractivity (Wildman–Crippen MR) is 49.6 cm³/mol. The predicted octanol–water partition coefficient (Wildman–Crippen LogP) is 2.34. The van der Waals surface area contributed by atoms with Gasteiger partial charge in [0.2, 0.25) is 0 Å². The van der Waals surface area contributed by atoms with Crippen molar-refractivity contribution >= 4 is 0 Å². The van der Waals surface area contributed by atoms with Gasteiger partial charge in [-0.2, -0.15) is 0 Å². The fourth-order valence-corrected chi connectivity index (χ4v) is 1.72. The lowest BCUT2D eigenvalue weighted by molar-refractivity contribution is 0.235. The van der Waals surface area contributed by atoms with E-state index in [1.165, 1.54) is 24.8 Å². The van der Waals surface area contributed by atoms with Gasteiger partial charge in [0.15, 0.2) is 0 Å². The Bertz CT molecular complexity index is 136. The summed E-state index contributed by atoms with van der Waals surface area (Å²) in [5.74, 6) is 0.927. The van der Waals surface area contributed by atoms with Crippen molar-refractivity contribution in [3.8, 4) is 0 Å². The Morgan fingerprint density at radius 2 is 2.27 bits per heavy atom. The first-order chi connectivity index (χ1) is 5.24. The lowest BCUT2D eigenvalue weighted by Gasteiger charge is -2.33. The van der Waals surface area contributed by atoms with Gasteiger partial charge in [-0.3, -0.25) is 0 Å². The fraction of sp³-hybridized carbons (Fsp3) is 0.800. The van der Waals surface area contributed by atoms with Gasteiger partial charge in [0.25, 0.3) is 0 Å². The molecule has 1 rings (SSSR count). The normalized spacial score (nSPS) is 20.9. The van der Waals surface area contributed by atoms with Crippen LogP contribution in [-0.2, 0) is 0 Å². The largest absolute Gasteiger partial charge is 0.316 e. The number of nitrogens with one attached hydrogen (secondary N) is 1. The molecule has 1 heteroatoms. The van der Waals surface area contributed by atoms with E-state index in [2.05, 4.69) is 25.9 Å². The summed E-state index contributed by atoms with van der Waals surface area (Å²) in [5, 5.41) is 3.37. The molecule has 64 valence electrons. The van der Waals surface area contributed by atoms with Crippen molar-refractivity contribution in [2.45, 2.75) is 38.6 Å². The van der Waals surface area contributed by atoms with Crippen LogP contribution in [0.1, 0.15) is 32.6 Å². The van der Waals surface area contributed by atoms with E-state index in [4.69, 9.17) is 0 Å². The number of hydrogen-bond acceptors (Lipinski definition) is 1. The van der Waals surface area contributed by atoms with Crippen molar-refractivity contribution in [2.75, 3.05) is 7.05 Å². The van der Waals surface area contributed by atoms with Gasteiger partial charge in [-0.1, -0.05) is 12.0 Å². The lowest BCUT2D eigenvalue weighted by atomic mass is 9.78. The van der Waals surface area contributed by atoms with Crippen LogP contribution < -0.4 is 5.32 Å². The molecule has 1 atom stereocenters. The first-order valence-corrected chi connectivity index (χ1v) is 4.55. The van der Waals surface area contributed by atoms with Crippen molar-refractivity contribution in [3.05, 3.63) is 12.2 Å². The topological polar surface area (TPSA) is 12.0 Å². The smallest absolute Gasteiger partial charge is 0.0129 e. The molecule has 0 aliphatic heterocycles. The Labute approximate surface area is 69.9 Å². The second-order valence-corrected chi connectivity index (χ2v) is 3.75. The molecule has 0 amide bonds. The van der Waals surface area contributed by atoms with Crippen LogP contribution in [0.15, 0.2) is 12.2 Å². The molecule has 0 radical (unpaired) electrons. The average Bonchev–Trinajstić information content (AvgIpc) is 1.81. The van der Waals surface area contributed by atoms with Crippen LogP contribution in [-0.4, -0.2) is 13.1 Å². The molecule has 11 heavy (non-hydrogen) atoms. The second kappa shape index (κ2) is 3.91. The summed E-state index contributed by atoms with van der Waals surface area (Å²) < 4.78 is 0. The SMILES string of the molecule is C=C(C)CC(NC)C1CCC1. The van der Waals surface area contributed by atoms with E-state index in [9.17, 15) is 0 Å². The Morgan fingerprint density at radius 1 is 1.64 bits per heavy atom. The summed E-state index contributed by atoms with van der Waals surface area (Å²) in [6, 6.07) is 0.696. The van der Waals surface area contributed by atoms with Crippen molar-refractivity contribution in [2.24, 2.45) is 5.92 Å². The van der Waals surface area contributed by atoms with E-state index >= 15 is 0 Å². The van der Waals surface area contributed by atoms with Gasteiger partial charge < -0.3 is 5.32 Å². The standard InChI is InChI=1S/C10H19N/c1-8(2)7-10(11-3)9-5-4-6-9/h9-11H,1,4-7H2,2-3H3. The van der Waals surface area contributed by atoms with Gasteiger partial charge in [-0.25, -0.2) is 0 Å². The third-order valence-electron chi connectivity index (χ3n) is 2.66. The molecule has 1 aliphatic carbocycles. The zero-order valence-electron chi connectivity index (χ0n) is 7.69. The molecule has 0 aromatic heterocycles. The molecule has 1 nitrogen and oxygen atoms in total. The van der Waals surface area contributed by atoms with Crippen LogP contribution in [0, 0.1) is 5.92 Å². The lowest BCUT2D eigenvalue weighted by Crippen LogP contribution is -2.37. The second-order valence-electron chi connectivity index (χ2n) is 3.75. The highest BCUT2D eigenvalue weighted by molar-refractivity contribution is 4.96. The molecule has 0 aromatic rings. The van der Waals surface area contributed by atoms with Crippen LogP contribution in [0.3, 0.4) is 0 Å². The molecular formula is C10H19N. The van der Waals surface area contributed by atoms with Crippen LogP contribution in [0.5, 0.6) is 0 Å². The maximum absolute atomic E-state index is 3.94. The van der Waals surface area contributed by atoms with E-state index in [1.807, 2.05) is 0 Å². The minimum Gasteiger partial charge on any atom is -0.316 e. The molecule has 1 unspecified atom stereocenters. The third-order valence-corrected chi connectivity index (χ3v) is 2.66. The molecule has 0 bridgehead atoms. The van der Waals surface area contributed by atoms with Crippen LogP contribution >= 0.6 is 0 Å². The quantitative estimate of drug-likeness (QED) is 0.611. The monoisotopic (exact) mass is 153 g/mol. The van der Waals surface area contributed by atoms with E-state index in [-0.39, 0.29) is 0 Å². The minimum absolute atomic E-state index is 0.696. The van der Waals surface area contributed by atoms with Crippen molar-refractivity contribution in [3.63, 3.8) is 0 Å². The summed E-state index contributed by atoms with van der Waals surface area (Å²) in [7, 11) is 2.06. The van der Waals surface area contributed by atoms with Crippen molar-refractivity contribution in [1.82, 2.24) is 5.32 Å². The molecule has 1 saturated carbocycles. The number of hydrogen-bond donors (Lipinski definition) is 1. The average molecular weight is 153 g/mol. The minimum atomic E-state index is 0.696. The Morgan fingerprint density at radius 3 is 2.55 bits per heavy atom. The van der Waals surface area contributed by atoms with Gasteiger partial charge in [0.1, 0.15) is 0 Å². The summed E-state index contributed by atoms with van der Waals surface area (Å²) in [6.07, 6.45) is 5.41. The summed E-state index contributed by atoms with van der Waals surface area (Å²) >= 11 is 0. The summed E-state index contributed by atoms with van der Waals surface area (Å²) in [4.78, 5) is 0. The van der Waals surface area contributed by atoms with E-state index < -0.39 is 0 Å². The van der Waals surface area contributed by atoms with Gasteiger partial charge >= 0.3 is 0 Å². The first-order valence-electron chi connectivity index (χ1n) is 4.55. The van der Waals surface area contributed by atoms with Crippen molar-refractivity contribution < 1.29 is 0 Å². The number of rotatable bonds is 4. The maximum Gasteiger partial charge on any atom is 0.0129 e. The molecule has 0 spiro atoms. The molecule has 0 saturated heterocycles. The van der Waals surface area contributed by atoms with Gasteiger partial charge in [-0.15, -0.1) is 6.58 Å². The molecule has 0 heterocycles. The highest BCUT2D eigenvalue weighted by atomic mass is 14.9. The van der Waals surface area contributed by atoms with E-state index in [0.29, 0.717) is 6.04 Å². The summed E-state index contributed by atoms with van der Waals surface area (Å²) in [5.41, 5.74) is 1.30. The van der Waals surface area contributed by atoms with Gasteiger partial charge in [0.05, 0.1) is 0 Å². The molecule has 1 fully saturated rings. The molecule has 1 N–H and O–H groups in total. The van der Waals surface area contributed by atoms with Crippen LogP contribution in [0.2, 0.25) is 0 Å². The van der Waals surface area contributed by atoms with Crippen molar-refractivity contribution in [1.29, 1.82) is 0 Å². The Hall–Kier alpha value is -0.300. The van der Waals surface area contributed by atoms with Crippen LogP contribution in [0.25, 0.3) is 0 Å². The van der Waals surface area contributed by atoms with E-state index in [1.54, 1.807) is 0 Å².